The highest BCUT2D eigenvalue weighted by Gasteiger charge is 2.22. The topological polar surface area (TPSA) is 59.6 Å². The molecule has 2 rings (SSSR count). The van der Waals surface area contributed by atoms with Crippen LogP contribution in [0, 0.1) is 0 Å². The van der Waals surface area contributed by atoms with Gasteiger partial charge in [0.1, 0.15) is 17.1 Å². The van der Waals surface area contributed by atoms with E-state index in [-0.39, 0.29) is 11.9 Å². The van der Waals surface area contributed by atoms with E-state index in [0.717, 1.165) is 19.5 Å². The molecule has 1 aliphatic heterocycles. The Balaban J connectivity index is 2.21. The van der Waals surface area contributed by atoms with E-state index in [1.807, 2.05) is 0 Å². The Bertz CT molecular complexity index is 406. The highest BCUT2D eigenvalue weighted by Crippen LogP contribution is 2.28. The van der Waals surface area contributed by atoms with Crippen LogP contribution in [0.3, 0.4) is 0 Å². The maximum absolute atomic E-state index is 12.3. The molecule has 0 bridgehead atoms. The van der Waals surface area contributed by atoms with E-state index in [9.17, 15) is 4.79 Å². The van der Waals surface area contributed by atoms with E-state index in [0.29, 0.717) is 17.1 Å². The quantitative estimate of drug-likeness (QED) is 0.829. The molecule has 5 nitrogen and oxygen atoms in total. The summed E-state index contributed by atoms with van der Waals surface area (Å²) in [7, 11) is 3.09. The Morgan fingerprint density at radius 1 is 1.33 bits per heavy atom. The number of hydrogen-bond acceptors (Lipinski definition) is 4. The number of benzene rings is 1. The highest BCUT2D eigenvalue weighted by atomic mass is 16.5. The van der Waals surface area contributed by atoms with Crippen LogP contribution in [0.15, 0.2) is 18.2 Å². The summed E-state index contributed by atoms with van der Waals surface area (Å²) in [5, 5.41) is 6.19. The van der Waals surface area contributed by atoms with Gasteiger partial charge in [-0.1, -0.05) is 6.07 Å². The minimum Gasteiger partial charge on any atom is -0.496 e. The average Bonchev–Trinajstić information content (AvgIpc) is 2.90. The van der Waals surface area contributed by atoms with Crippen molar-refractivity contribution in [3.63, 3.8) is 0 Å². The lowest BCUT2D eigenvalue weighted by Gasteiger charge is -2.15. The standard InChI is InChI=1S/C13H18N2O3/c1-17-10-4-3-5-11(18-2)12(10)13(16)15-9-6-7-14-8-9/h3-5,9,14H,6-8H2,1-2H3,(H,15,16)/t9-/m0/s1. The molecule has 0 aromatic heterocycles. The highest BCUT2D eigenvalue weighted by molar-refractivity contribution is 5.99. The Morgan fingerprint density at radius 2 is 2.00 bits per heavy atom. The first-order chi connectivity index (χ1) is 8.76. The van der Waals surface area contributed by atoms with Crippen LogP contribution in [0.4, 0.5) is 0 Å². The lowest BCUT2D eigenvalue weighted by Crippen LogP contribution is -2.36. The van der Waals surface area contributed by atoms with Crippen molar-refractivity contribution in [2.75, 3.05) is 27.3 Å². The molecule has 1 saturated heterocycles. The zero-order valence-corrected chi connectivity index (χ0v) is 10.7. The van der Waals surface area contributed by atoms with Crippen molar-refractivity contribution in [2.45, 2.75) is 12.5 Å². The van der Waals surface area contributed by atoms with Crippen molar-refractivity contribution in [1.82, 2.24) is 10.6 Å². The van der Waals surface area contributed by atoms with E-state index in [4.69, 9.17) is 9.47 Å². The summed E-state index contributed by atoms with van der Waals surface area (Å²) >= 11 is 0. The monoisotopic (exact) mass is 250 g/mol. The average molecular weight is 250 g/mol. The van der Waals surface area contributed by atoms with E-state index in [1.54, 1.807) is 32.4 Å². The third-order valence-corrected chi connectivity index (χ3v) is 3.05. The van der Waals surface area contributed by atoms with Gasteiger partial charge in [0, 0.05) is 12.6 Å². The second kappa shape index (κ2) is 5.73. The number of rotatable bonds is 4. The molecule has 0 spiro atoms. The minimum absolute atomic E-state index is 0.155. The Hall–Kier alpha value is -1.75. The number of carbonyl (C=O) groups is 1. The normalized spacial score (nSPS) is 18.4. The van der Waals surface area contributed by atoms with E-state index < -0.39 is 0 Å². The van der Waals surface area contributed by atoms with Crippen LogP contribution in [0.1, 0.15) is 16.8 Å². The molecule has 1 heterocycles. The fraction of sp³-hybridized carbons (Fsp3) is 0.462. The number of methoxy groups -OCH3 is 2. The van der Waals surface area contributed by atoms with Crippen molar-refractivity contribution in [3.05, 3.63) is 23.8 Å². The fourth-order valence-corrected chi connectivity index (χ4v) is 2.11. The van der Waals surface area contributed by atoms with Gasteiger partial charge in [-0.3, -0.25) is 4.79 Å². The van der Waals surface area contributed by atoms with Gasteiger partial charge >= 0.3 is 0 Å². The molecule has 2 N–H and O–H groups in total. The molecule has 0 radical (unpaired) electrons. The van der Waals surface area contributed by atoms with Crippen LogP contribution < -0.4 is 20.1 Å². The fourth-order valence-electron chi connectivity index (χ4n) is 2.11. The molecule has 1 atom stereocenters. The van der Waals surface area contributed by atoms with Crippen LogP contribution >= 0.6 is 0 Å². The lowest BCUT2D eigenvalue weighted by molar-refractivity contribution is 0.0934. The Kier molecular flexibility index (Phi) is 4.04. The van der Waals surface area contributed by atoms with Gasteiger partial charge in [0.2, 0.25) is 0 Å². The number of carbonyl (C=O) groups excluding carboxylic acids is 1. The molecular weight excluding hydrogens is 232 g/mol. The van der Waals surface area contributed by atoms with Crippen molar-refractivity contribution < 1.29 is 14.3 Å². The second-order valence-corrected chi connectivity index (χ2v) is 4.20. The van der Waals surface area contributed by atoms with Gasteiger partial charge in [0.25, 0.3) is 5.91 Å². The lowest BCUT2D eigenvalue weighted by atomic mass is 10.1. The van der Waals surface area contributed by atoms with Crippen LogP contribution in [0.2, 0.25) is 0 Å². The van der Waals surface area contributed by atoms with Gasteiger partial charge in [-0.15, -0.1) is 0 Å². The van der Waals surface area contributed by atoms with Crippen LogP contribution in [-0.2, 0) is 0 Å². The molecule has 18 heavy (non-hydrogen) atoms. The van der Waals surface area contributed by atoms with Gasteiger partial charge in [-0.25, -0.2) is 0 Å². The molecule has 0 saturated carbocycles. The summed E-state index contributed by atoms with van der Waals surface area (Å²) < 4.78 is 10.4. The summed E-state index contributed by atoms with van der Waals surface area (Å²) in [6.45, 7) is 1.75. The van der Waals surface area contributed by atoms with Crippen LogP contribution in [-0.4, -0.2) is 39.3 Å². The molecule has 5 heteroatoms. The zero-order chi connectivity index (χ0) is 13.0. The van der Waals surface area contributed by atoms with E-state index in [1.165, 1.54) is 0 Å². The predicted octanol–water partition coefficient (Wildman–Crippen LogP) is 0.795. The zero-order valence-electron chi connectivity index (χ0n) is 10.7. The third-order valence-electron chi connectivity index (χ3n) is 3.05. The third kappa shape index (κ3) is 2.56. The van der Waals surface area contributed by atoms with E-state index >= 15 is 0 Å². The van der Waals surface area contributed by atoms with Crippen molar-refractivity contribution in [2.24, 2.45) is 0 Å². The van der Waals surface area contributed by atoms with Crippen LogP contribution in [0.5, 0.6) is 11.5 Å². The summed E-state index contributed by atoms with van der Waals surface area (Å²) in [6, 6.07) is 5.48. The van der Waals surface area contributed by atoms with Gasteiger partial charge in [-0.2, -0.15) is 0 Å². The first-order valence-electron chi connectivity index (χ1n) is 5.99. The maximum atomic E-state index is 12.3. The van der Waals surface area contributed by atoms with Crippen molar-refractivity contribution in [3.8, 4) is 11.5 Å². The molecular formula is C13H18N2O3. The van der Waals surface area contributed by atoms with Gasteiger partial charge in [-0.05, 0) is 25.1 Å². The first-order valence-corrected chi connectivity index (χ1v) is 5.99. The summed E-state index contributed by atoms with van der Waals surface area (Å²) in [5.74, 6) is 0.897. The SMILES string of the molecule is COc1cccc(OC)c1C(=O)N[C@H]1CCNC1. The summed E-state index contributed by atoms with van der Waals surface area (Å²) in [4.78, 5) is 12.3. The first kappa shape index (κ1) is 12.7. The summed E-state index contributed by atoms with van der Waals surface area (Å²) in [6.07, 6.45) is 0.948. The molecule has 1 fully saturated rings. The molecule has 0 aliphatic carbocycles. The van der Waals surface area contributed by atoms with Crippen molar-refractivity contribution in [1.29, 1.82) is 0 Å². The van der Waals surface area contributed by atoms with Crippen LogP contribution in [0.25, 0.3) is 0 Å². The smallest absolute Gasteiger partial charge is 0.259 e. The molecule has 1 amide bonds. The van der Waals surface area contributed by atoms with Gasteiger partial charge in [0.15, 0.2) is 0 Å². The number of ether oxygens (including phenoxy) is 2. The largest absolute Gasteiger partial charge is 0.496 e. The predicted molar refractivity (Wildman–Crippen MR) is 68.3 cm³/mol. The molecule has 1 aromatic rings. The molecule has 1 aliphatic rings. The number of amides is 1. The Labute approximate surface area is 106 Å². The number of nitrogens with one attached hydrogen (secondary N) is 2. The number of hydrogen-bond donors (Lipinski definition) is 2. The summed E-state index contributed by atoms with van der Waals surface area (Å²) in [5.41, 5.74) is 0.453. The molecule has 0 unspecified atom stereocenters. The van der Waals surface area contributed by atoms with Crippen molar-refractivity contribution >= 4 is 5.91 Å². The second-order valence-electron chi connectivity index (χ2n) is 4.20. The molecule has 98 valence electrons. The maximum Gasteiger partial charge on any atom is 0.259 e. The van der Waals surface area contributed by atoms with Gasteiger partial charge in [0.05, 0.1) is 14.2 Å². The minimum atomic E-state index is -0.155. The Morgan fingerprint density at radius 3 is 2.50 bits per heavy atom. The van der Waals surface area contributed by atoms with Gasteiger partial charge < -0.3 is 20.1 Å². The van der Waals surface area contributed by atoms with E-state index in [2.05, 4.69) is 10.6 Å². The molecule has 1 aromatic carbocycles.